The minimum atomic E-state index is -4.03. The molecule has 2 unspecified atom stereocenters. The molecule has 0 amide bonds. The Kier molecular flexibility index (Phi) is 4.32. The van der Waals surface area contributed by atoms with Crippen molar-refractivity contribution >= 4 is 10.0 Å². The van der Waals surface area contributed by atoms with Crippen LogP contribution in [0.15, 0.2) is 47.5 Å². The highest BCUT2D eigenvalue weighted by molar-refractivity contribution is 7.89. The fraction of sp³-hybridized carbons (Fsp3) is 0.250. The number of nitrogens with zero attached hydrogens (tertiary/aromatic N) is 3. The number of halogens is 1. The smallest absolute Gasteiger partial charge is 0.246 e. The van der Waals surface area contributed by atoms with Gasteiger partial charge in [0.25, 0.3) is 0 Å². The normalized spacial score (nSPS) is 21.5. The van der Waals surface area contributed by atoms with E-state index < -0.39 is 28.0 Å². The van der Waals surface area contributed by atoms with Crippen molar-refractivity contribution in [2.75, 3.05) is 6.54 Å². The monoisotopic (exact) mass is 347 g/mol. The number of aromatic nitrogens is 1. The molecule has 1 aromatic heterocycles. The Bertz CT molecular complexity index is 894. The summed E-state index contributed by atoms with van der Waals surface area (Å²) in [6.45, 7) is -0.0931. The van der Waals surface area contributed by atoms with Crippen molar-refractivity contribution < 1.29 is 17.9 Å². The lowest BCUT2D eigenvalue weighted by Crippen LogP contribution is -2.32. The highest BCUT2D eigenvalue weighted by atomic mass is 32.2. The topological polar surface area (TPSA) is 94.3 Å². The van der Waals surface area contributed by atoms with E-state index in [4.69, 9.17) is 5.26 Å². The summed E-state index contributed by atoms with van der Waals surface area (Å²) in [5.41, 5.74) is 0.385. The standard InChI is InChI=1S/C16H14FN3O3S/c17-12-5-3-11(4-6-12)15-8-13(21)10-20(15)24(22,23)16-2-1-7-19-14(16)9-18/h1-7,13,15,21H,8,10H2. The van der Waals surface area contributed by atoms with Gasteiger partial charge in [0.1, 0.15) is 16.8 Å². The zero-order chi connectivity index (χ0) is 17.3. The van der Waals surface area contributed by atoms with Gasteiger partial charge in [0.15, 0.2) is 5.69 Å². The van der Waals surface area contributed by atoms with Gasteiger partial charge >= 0.3 is 0 Å². The first-order valence-electron chi connectivity index (χ1n) is 7.24. The van der Waals surface area contributed by atoms with Gasteiger partial charge in [-0.05, 0) is 36.2 Å². The predicted molar refractivity (Wildman–Crippen MR) is 82.6 cm³/mol. The van der Waals surface area contributed by atoms with E-state index in [0.29, 0.717) is 5.56 Å². The van der Waals surface area contributed by atoms with Gasteiger partial charge in [-0.1, -0.05) is 12.1 Å². The largest absolute Gasteiger partial charge is 0.392 e. The average molecular weight is 347 g/mol. The highest BCUT2D eigenvalue weighted by Crippen LogP contribution is 2.37. The zero-order valence-corrected chi connectivity index (χ0v) is 13.3. The van der Waals surface area contributed by atoms with Crippen LogP contribution in [-0.4, -0.2) is 35.5 Å². The Morgan fingerprint density at radius 1 is 1.29 bits per heavy atom. The number of rotatable bonds is 3. The Hall–Kier alpha value is -2.34. The van der Waals surface area contributed by atoms with Gasteiger partial charge in [-0.2, -0.15) is 9.57 Å². The molecular weight excluding hydrogens is 333 g/mol. The van der Waals surface area contributed by atoms with Crippen LogP contribution in [0, 0.1) is 17.1 Å². The minimum absolute atomic E-state index is 0.0931. The molecule has 0 saturated carbocycles. The molecule has 1 fully saturated rings. The van der Waals surface area contributed by atoms with Crippen molar-refractivity contribution in [1.29, 1.82) is 5.26 Å². The quantitative estimate of drug-likeness (QED) is 0.910. The summed E-state index contributed by atoms with van der Waals surface area (Å²) in [7, 11) is -4.03. The van der Waals surface area contributed by atoms with Gasteiger partial charge in [-0.25, -0.2) is 17.8 Å². The summed E-state index contributed by atoms with van der Waals surface area (Å²) in [5.74, 6) is -0.425. The lowest BCUT2D eigenvalue weighted by Gasteiger charge is -2.24. The first-order valence-corrected chi connectivity index (χ1v) is 8.68. The summed E-state index contributed by atoms with van der Waals surface area (Å²) in [6, 6.07) is 9.37. The van der Waals surface area contributed by atoms with Crippen LogP contribution in [0.3, 0.4) is 0 Å². The van der Waals surface area contributed by atoms with Gasteiger partial charge in [0, 0.05) is 12.7 Å². The van der Waals surface area contributed by atoms with Crippen molar-refractivity contribution in [3.8, 4) is 6.07 Å². The van der Waals surface area contributed by atoms with Crippen molar-refractivity contribution in [3.63, 3.8) is 0 Å². The number of aliphatic hydroxyl groups is 1. The molecule has 2 heterocycles. The fourth-order valence-electron chi connectivity index (χ4n) is 2.85. The van der Waals surface area contributed by atoms with E-state index in [-0.39, 0.29) is 23.6 Å². The van der Waals surface area contributed by atoms with E-state index in [1.54, 1.807) is 6.07 Å². The first-order chi connectivity index (χ1) is 11.4. The maximum Gasteiger partial charge on any atom is 0.246 e. The third kappa shape index (κ3) is 2.89. The third-order valence-electron chi connectivity index (χ3n) is 3.95. The van der Waals surface area contributed by atoms with E-state index in [9.17, 15) is 17.9 Å². The number of hydrogen-bond donors (Lipinski definition) is 1. The number of nitriles is 1. The molecular formula is C16H14FN3O3S. The minimum Gasteiger partial charge on any atom is -0.392 e. The number of hydrogen-bond acceptors (Lipinski definition) is 5. The molecule has 1 aliphatic heterocycles. The van der Waals surface area contributed by atoms with Crippen LogP contribution in [0.4, 0.5) is 4.39 Å². The Balaban J connectivity index is 2.05. The van der Waals surface area contributed by atoms with Crippen LogP contribution >= 0.6 is 0 Å². The van der Waals surface area contributed by atoms with Crippen molar-refractivity contribution in [3.05, 3.63) is 59.7 Å². The summed E-state index contributed by atoms with van der Waals surface area (Å²) in [4.78, 5) is 3.58. The van der Waals surface area contributed by atoms with E-state index in [1.807, 2.05) is 0 Å². The molecule has 1 aliphatic rings. The predicted octanol–water partition coefficient (Wildman–Crippen LogP) is 1.59. The van der Waals surface area contributed by atoms with E-state index in [0.717, 1.165) is 4.31 Å². The van der Waals surface area contributed by atoms with Crippen molar-refractivity contribution in [1.82, 2.24) is 9.29 Å². The molecule has 1 N–H and O–H groups in total. The summed E-state index contributed by atoms with van der Waals surface area (Å²) in [6.07, 6.45) is 0.706. The van der Waals surface area contributed by atoms with Crippen LogP contribution < -0.4 is 0 Å². The van der Waals surface area contributed by atoms with Gasteiger partial charge in [-0.15, -0.1) is 0 Å². The second kappa shape index (κ2) is 6.28. The third-order valence-corrected chi connectivity index (χ3v) is 5.86. The van der Waals surface area contributed by atoms with Crippen LogP contribution in [0.5, 0.6) is 0 Å². The molecule has 24 heavy (non-hydrogen) atoms. The molecule has 6 nitrogen and oxygen atoms in total. The molecule has 0 bridgehead atoms. The Labute approximate surface area is 138 Å². The van der Waals surface area contributed by atoms with E-state index in [1.165, 1.54) is 42.6 Å². The molecule has 8 heteroatoms. The van der Waals surface area contributed by atoms with Crippen LogP contribution in [-0.2, 0) is 10.0 Å². The van der Waals surface area contributed by atoms with Crippen molar-refractivity contribution in [2.24, 2.45) is 0 Å². The molecule has 2 aromatic rings. The second-order valence-electron chi connectivity index (χ2n) is 5.49. The number of aliphatic hydroxyl groups excluding tert-OH is 1. The molecule has 0 radical (unpaired) electrons. The van der Waals surface area contributed by atoms with Gasteiger partial charge in [-0.3, -0.25) is 0 Å². The first kappa shape index (κ1) is 16.5. The SMILES string of the molecule is N#Cc1ncccc1S(=O)(=O)N1CC(O)CC1c1ccc(F)cc1. The van der Waals surface area contributed by atoms with Gasteiger partial charge in [0.05, 0.1) is 12.1 Å². The molecule has 0 spiro atoms. The maximum absolute atomic E-state index is 13.1. The summed E-state index contributed by atoms with van der Waals surface area (Å²) < 4.78 is 40.2. The van der Waals surface area contributed by atoms with Crippen LogP contribution in [0.1, 0.15) is 23.7 Å². The van der Waals surface area contributed by atoms with E-state index >= 15 is 0 Å². The fourth-order valence-corrected chi connectivity index (χ4v) is 4.60. The summed E-state index contributed by atoms with van der Waals surface area (Å²) in [5, 5.41) is 19.1. The maximum atomic E-state index is 13.1. The molecule has 2 atom stereocenters. The Morgan fingerprint density at radius 2 is 2.00 bits per heavy atom. The number of β-amino-alcohol motifs (C(OH)–C–C–N with tert-alkyl or cyclic N) is 1. The second-order valence-corrected chi connectivity index (χ2v) is 7.35. The number of sulfonamides is 1. The lowest BCUT2D eigenvalue weighted by atomic mass is 10.0. The lowest BCUT2D eigenvalue weighted by molar-refractivity contribution is 0.188. The number of benzene rings is 1. The molecule has 3 rings (SSSR count). The van der Waals surface area contributed by atoms with Crippen molar-refractivity contribution in [2.45, 2.75) is 23.5 Å². The molecule has 124 valence electrons. The summed E-state index contributed by atoms with van der Waals surface area (Å²) >= 11 is 0. The average Bonchev–Trinajstić information content (AvgIpc) is 2.98. The highest BCUT2D eigenvalue weighted by Gasteiger charge is 2.41. The van der Waals surface area contributed by atoms with Crippen LogP contribution in [0.25, 0.3) is 0 Å². The van der Waals surface area contributed by atoms with Gasteiger partial charge in [0.2, 0.25) is 10.0 Å². The van der Waals surface area contributed by atoms with Gasteiger partial charge < -0.3 is 5.11 Å². The molecule has 1 aromatic carbocycles. The molecule has 1 saturated heterocycles. The zero-order valence-electron chi connectivity index (χ0n) is 12.5. The van der Waals surface area contributed by atoms with Crippen LogP contribution in [0.2, 0.25) is 0 Å². The Morgan fingerprint density at radius 3 is 2.67 bits per heavy atom. The van der Waals surface area contributed by atoms with E-state index in [2.05, 4.69) is 4.98 Å². The molecule has 0 aliphatic carbocycles. The number of pyridine rings is 1.